The molecule has 0 radical (unpaired) electrons. The van der Waals surface area contributed by atoms with E-state index in [-0.39, 0.29) is 0 Å². The zero-order valence-electron chi connectivity index (χ0n) is 16.7. The van der Waals surface area contributed by atoms with E-state index in [1.165, 1.54) is 4.72 Å². The van der Waals surface area contributed by atoms with Crippen molar-refractivity contribution in [3.63, 3.8) is 0 Å². The molecular weight excluding hydrogens is 558 g/mol. The molecule has 23 heteroatoms. The van der Waals surface area contributed by atoms with Crippen molar-refractivity contribution in [3.8, 4) is 0 Å². The normalized spacial score (nSPS) is 34.6. The summed E-state index contributed by atoms with van der Waals surface area (Å²) in [4.78, 5) is 11.2. The molecule has 0 spiro atoms. The number of ether oxygens (including phenoxy) is 3. The van der Waals surface area contributed by atoms with Crippen LogP contribution in [-0.4, -0.2) is 121 Å². The van der Waals surface area contributed by atoms with Gasteiger partial charge in [0.1, 0.15) is 30.5 Å². The summed E-state index contributed by atoms with van der Waals surface area (Å²) < 4.78 is 117. The number of aliphatic carboxylic acids is 1. The topological polar surface area (TPSA) is 319 Å². The molecule has 0 amide bonds. The Bertz CT molecular complexity index is 1130. The molecule has 204 valence electrons. The van der Waals surface area contributed by atoms with Gasteiger partial charge in [0.05, 0.1) is 6.61 Å². The van der Waals surface area contributed by atoms with Gasteiger partial charge in [-0.25, -0.2) is 13.2 Å². The Labute approximate surface area is 196 Å². The average molecular weight is 577 g/mol. The molecule has 1 fully saturated rings. The molecule has 8 N–H and O–H groups in total. The van der Waals surface area contributed by atoms with Crippen LogP contribution in [0.5, 0.6) is 0 Å². The van der Waals surface area contributed by atoms with Crippen LogP contribution >= 0.6 is 0 Å². The van der Waals surface area contributed by atoms with Crippen molar-refractivity contribution in [3.05, 3.63) is 11.8 Å². The maximum atomic E-state index is 11.2. The Morgan fingerprint density at radius 3 is 2.09 bits per heavy atom. The lowest BCUT2D eigenvalue weighted by molar-refractivity contribution is -0.303. The van der Waals surface area contributed by atoms with Crippen molar-refractivity contribution >= 4 is 37.1 Å². The third-order valence-corrected chi connectivity index (χ3v) is 5.73. The standard InChI is InChI=1S/C12H19NO19S3/c14-3-1-4(10(16)17)30-12(8(3)32-35(25,26)27)31-9-5(2-28-34(22,23)24)29-11(18)6(7(9)15)13-33(19,20)21/h1,3,5-9,11-15,18H,2H2,(H,16,17)(H,19,20,21)(H,22,23,24)(H,25,26,27)/t3-,5+,6+,7+,8-,9+,11+,12+/m1/s1. The van der Waals surface area contributed by atoms with Gasteiger partial charge in [0.15, 0.2) is 12.4 Å². The van der Waals surface area contributed by atoms with Gasteiger partial charge in [0.2, 0.25) is 12.0 Å². The third kappa shape index (κ3) is 8.79. The largest absolute Gasteiger partial charge is 0.475 e. The van der Waals surface area contributed by atoms with Crippen LogP contribution in [0.3, 0.4) is 0 Å². The molecule has 35 heavy (non-hydrogen) atoms. The van der Waals surface area contributed by atoms with Crippen LogP contribution in [0.2, 0.25) is 0 Å². The highest BCUT2D eigenvalue weighted by atomic mass is 32.3. The minimum absolute atomic E-state index is 0.442. The van der Waals surface area contributed by atoms with Gasteiger partial charge in [-0.3, -0.25) is 13.7 Å². The van der Waals surface area contributed by atoms with E-state index in [2.05, 4.69) is 8.37 Å². The van der Waals surface area contributed by atoms with Crippen LogP contribution in [0.4, 0.5) is 0 Å². The van der Waals surface area contributed by atoms with Crippen LogP contribution in [-0.2, 0) is 58.5 Å². The maximum absolute atomic E-state index is 11.2. The zero-order chi connectivity index (χ0) is 26.9. The molecule has 0 aromatic carbocycles. The first-order valence-electron chi connectivity index (χ1n) is 8.76. The van der Waals surface area contributed by atoms with Gasteiger partial charge >= 0.3 is 37.1 Å². The molecule has 0 unspecified atom stereocenters. The molecule has 0 saturated carbocycles. The molecule has 0 aromatic heterocycles. The van der Waals surface area contributed by atoms with Crippen LogP contribution in [0.25, 0.3) is 0 Å². The number of hydrogen-bond donors (Lipinski definition) is 8. The number of carboxylic acids is 1. The molecule has 2 aliphatic heterocycles. The lowest BCUT2D eigenvalue weighted by atomic mass is 9.97. The van der Waals surface area contributed by atoms with E-state index in [1.54, 1.807) is 0 Å². The first-order chi connectivity index (χ1) is 15.8. The van der Waals surface area contributed by atoms with E-state index < -0.39 is 98.6 Å². The number of aliphatic hydroxyl groups excluding tert-OH is 3. The number of carbonyl (C=O) groups is 1. The second kappa shape index (κ2) is 10.8. The molecule has 8 atom stereocenters. The fraction of sp³-hybridized carbons (Fsp3) is 0.750. The summed E-state index contributed by atoms with van der Waals surface area (Å²) in [5.41, 5.74) is 0. The summed E-state index contributed by atoms with van der Waals surface area (Å²) in [5.74, 6) is -2.88. The fourth-order valence-corrected chi connectivity index (χ4v) is 4.35. The maximum Gasteiger partial charge on any atom is 0.397 e. The van der Waals surface area contributed by atoms with Crippen molar-refractivity contribution < 1.29 is 86.7 Å². The smallest absolute Gasteiger partial charge is 0.397 e. The summed E-state index contributed by atoms with van der Waals surface area (Å²) in [6, 6.07) is -2.15. The summed E-state index contributed by atoms with van der Waals surface area (Å²) in [5, 5.41) is 39.6. The number of aliphatic hydroxyl groups is 3. The first-order valence-corrected chi connectivity index (χ1v) is 12.9. The Hall–Kier alpha value is -1.58. The van der Waals surface area contributed by atoms with E-state index in [4.69, 9.17) is 33.0 Å². The van der Waals surface area contributed by atoms with E-state index in [9.17, 15) is 45.4 Å². The van der Waals surface area contributed by atoms with E-state index in [1.807, 2.05) is 0 Å². The Morgan fingerprint density at radius 2 is 1.60 bits per heavy atom. The van der Waals surface area contributed by atoms with Crippen molar-refractivity contribution in [1.82, 2.24) is 4.72 Å². The minimum Gasteiger partial charge on any atom is -0.475 e. The highest BCUT2D eigenvalue weighted by Gasteiger charge is 2.51. The van der Waals surface area contributed by atoms with E-state index in [0.29, 0.717) is 6.08 Å². The summed E-state index contributed by atoms with van der Waals surface area (Å²) in [7, 11) is -15.7. The van der Waals surface area contributed by atoms with E-state index >= 15 is 0 Å². The molecule has 1 saturated heterocycles. The van der Waals surface area contributed by atoms with Crippen LogP contribution in [0, 0.1) is 0 Å². The molecule has 0 aliphatic carbocycles. The molecule has 2 heterocycles. The second-order valence-corrected chi connectivity index (χ2v) is 10.1. The van der Waals surface area contributed by atoms with Crippen LogP contribution in [0.1, 0.15) is 0 Å². The Balaban J connectivity index is 2.44. The second-order valence-electron chi connectivity index (χ2n) is 6.79. The van der Waals surface area contributed by atoms with Crippen LogP contribution in [0.15, 0.2) is 11.8 Å². The number of hydrogen-bond acceptors (Lipinski definition) is 15. The predicted molar refractivity (Wildman–Crippen MR) is 101 cm³/mol. The van der Waals surface area contributed by atoms with Crippen LogP contribution < -0.4 is 4.72 Å². The molecule has 0 aromatic rings. The quantitative estimate of drug-likeness (QED) is 0.112. The predicted octanol–water partition coefficient (Wildman–Crippen LogP) is -5.10. The lowest BCUT2D eigenvalue weighted by Crippen LogP contribution is -2.66. The Kier molecular flexibility index (Phi) is 9.15. The first kappa shape index (κ1) is 29.6. The molecule has 2 aliphatic rings. The van der Waals surface area contributed by atoms with Gasteiger partial charge < -0.3 is 34.6 Å². The van der Waals surface area contributed by atoms with Gasteiger partial charge in [0.25, 0.3) is 0 Å². The Morgan fingerprint density at radius 1 is 1.00 bits per heavy atom. The van der Waals surface area contributed by atoms with Crippen molar-refractivity contribution in [2.75, 3.05) is 6.61 Å². The monoisotopic (exact) mass is 577 g/mol. The highest BCUT2D eigenvalue weighted by molar-refractivity contribution is 7.83. The highest BCUT2D eigenvalue weighted by Crippen LogP contribution is 2.30. The average Bonchev–Trinajstić information content (AvgIpc) is 2.65. The lowest BCUT2D eigenvalue weighted by Gasteiger charge is -2.44. The third-order valence-electron chi connectivity index (χ3n) is 4.26. The molecule has 2 rings (SSSR count). The zero-order valence-corrected chi connectivity index (χ0v) is 19.1. The van der Waals surface area contributed by atoms with Gasteiger partial charge in [-0.05, 0) is 6.08 Å². The molecular formula is C12H19NO19S3. The van der Waals surface area contributed by atoms with Crippen molar-refractivity contribution in [1.29, 1.82) is 0 Å². The summed E-state index contributed by atoms with van der Waals surface area (Å²) >= 11 is 0. The number of rotatable bonds is 10. The minimum atomic E-state index is -5.36. The number of nitrogens with one attached hydrogen (secondary N) is 1. The van der Waals surface area contributed by atoms with Gasteiger partial charge in [-0.2, -0.15) is 30.0 Å². The molecule has 20 nitrogen and oxygen atoms in total. The van der Waals surface area contributed by atoms with Crippen molar-refractivity contribution in [2.24, 2.45) is 0 Å². The SMILES string of the molecule is O=C(O)C1=C[C@@H](O)[C@@H](OS(=O)(=O)O)[C@H](O[C@@H]2[C@@H](O)[C@H](NS(=O)(=O)O)[C@@H](O)O[C@H]2COS(=O)(=O)O)O1. The summed E-state index contributed by atoms with van der Waals surface area (Å²) in [6.45, 7) is -1.25. The van der Waals surface area contributed by atoms with Crippen molar-refractivity contribution in [2.45, 2.75) is 49.1 Å². The number of carboxylic acid groups (broad SMARTS) is 1. The van der Waals surface area contributed by atoms with Gasteiger partial charge in [0, 0.05) is 0 Å². The van der Waals surface area contributed by atoms with E-state index in [0.717, 1.165) is 0 Å². The fourth-order valence-electron chi connectivity index (χ4n) is 2.96. The summed E-state index contributed by atoms with van der Waals surface area (Å²) in [6.07, 6.45) is -15.1. The van der Waals surface area contributed by atoms with Gasteiger partial charge in [-0.1, -0.05) is 0 Å². The molecule has 0 bridgehead atoms. The van der Waals surface area contributed by atoms with Gasteiger partial charge in [-0.15, -0.1) is 0 Å².